The van der Waals surface area contributed by atoms with Gasteiger partial charge in [-0.2, -0.15) is 5.26 Å². The molecule has 0 amide bonds. The molecular weight excluding hydrogens is 462 g/mol. The minimum Gasteiger partial charge on any atom is -0.497 e. The number of methoxy groups -OCH3 is 1. The van der Waals surface area contributed by atoms with Gasteiger partial charge in [-0.25, -0.2) is 4.98 Å². The maximum Gasteiger partial charge on any atom is 0.251 e. The van der Waals surface area contributed by atoms with Gasteiger partial charge in [0.1, 0.15) is 11.3 Å². The van der Waals surface area contributed by atoms with E-state index in [0.717, 1.165) is 44.6 Å². The van der Waals surface area contributed by atoms with Gasteiger partial charge in [-0.1, -0.05) is 30.3 Å². The summed E-state index contributed by atoms with van der Waals surface area (Å²) in [7, 11) is 7.29. The minimum atomic E-state index is -0.770. The van der Waals surface area contributed by atoms with Gasteiger partial charge in [-0.3, -0.25) is 4.79 Å². The number of pyridine rings is 1. The first-order chi connectivity index (χ1) is 17.9. The number of nitrogens with zero attached hydrogens (tertiary/aromatic N) is 4. The average Bonchev–Trinajstić information content (AvgIpc) is 3.37. The first-order valence-corrected chi connectivity index (χ1v) is 11.9. The summed E-state index contributed by atoms with van der Waals surface area (Å²) in [5, 5.41) is 13.9. The highest BCUT2D eigenvalue weighted by Crippen LogP contribution is 2.39. The van der Waals surface area contributed by atoms with Crippen LogP contribution in [0.2, 0.25) is 0 Å². The van der Waals surface area contributed by atoms with Crippen molar-refractivity contribution in [1.29, 1.82) is 5.26 Å². The van der Waals surface area contributed by atoms with Crippen LogP contribution >= 0.6 is 0 Å². The first kappa shape index (κ1) is 24.0. The lowest BCUT2D eigenvalue weighted by molar-refractivity contribution is 0.415. The molecule has 1 atom stereocenters. The summed E-state index contributed by atoms with van der Waals surface area (Å²) < 4.78 is 9.10. The molecule has 0 aliphatic carbocycles. The highest BCUT2D eigenvalue weighted by molar-refractivity contribution is 5.95. The SMILES string of the molecule is CN[C@](c1ccc(C#N)cc1)(c1ccc2c(c1)c(-c1cccc(OC)c1)cc(=O)n2C)c1cncn1C. The van der Waals surface area contributed by atoms with Crippen LogP contribution in [0.5, 0.6) is 5.75 Å². The second-order valence-corrected chi connectivity index (χ2v) is 9.00. The van der Waals surface area contributed by atoms with E-state index < -0.39 is 5.54 Å². The van der Waals surface area contributed by atoms with Crippen LogP contribution in [0, 0.1) is 11.3 Å². The molecule has 0 aliphatic rings. The predicted molar refractivity (Wildman–Crippen MR) is 144 cm³/mol. The van der Waals surface area contributed by atoms with E-state index in [9.17, 15) is 10.1 Å². The third-order valence-electron chi connectivity index (χ3n) is 7.08. The third-order valence-corrected chi connectivity index (χ3v) is 7.08. The van der Waals surface area contributed by atoms with E-state index in [1.807, 2.05) is 85.5 Å². The van der Waals surface area contributed by atoms with Gasteiger partial charge in [0.25, 0.3) is 5.56 Å². The van der Waals surface area contributed by atoms with Crippen LogP contribution < -0.4 is 15.6 Å². The van der Waals surface area contributed by atoms with Crippen molar-refractivity contribution < 1.29 is 4.74 Å². The quantitative estimate of drug-likeness (QED) is 0.384. The van der Waals surface area contributed by atoms with E-state index >= 15 is 0 Å². The fourth-order valence-corrected chi connectivity index (χ4v) is 5.12. The lowest BCUT2D eigenvalue weighted by atomic mass is 9.79. The van der Waals surface area contributed by atoms with E-state index in [-0.39, 0.29) is 5.56 Å². The van der Waals surface area contributed by atoms with E-state index in [2.05, 4.69) is 22.4 Å². The zero-order chi connectivity index (χ0) is 26.2. The topological polar surface area (TPSA) is 84.9 Å². The molecular formula is C30H27N5O2. The van der Waals surface area contributed by atoms with Crippen molar-refractivity contribution in [2.75, 3.05) is 14.2 Å². The van der Waals surface area contributed by atoms with Gasteiger partial charge in [-0.15, -0.1) is 0 Å². The molecule has 2 heterocycles. The van der Waals surface area contributed by atoms with E-state index in [4.69, 9.17) is 4.74 Å². The van der Waals surface area contributed by atoms with Crippen molar-refractivity contribution in [2.45, 2.75) is 5.54 Å². The molecule has 5 aromatic rings. The summed E-state index contributed by atoms with van der Waals surface area (Å²) in [4.78, 5) is 17.3. The van der Waals surface area contributed by atoms with Crippen LogP contribution in [-0.2, 0) is 19.6 Å². The van der Waals surface area contributed by atoms with Crippen molar-refractivity contribution in [3.8, 4) is 22.9 Å². The van der Waals surface area contributed by atoms with Crippen molar-refractivity contribution in [3.05, 3.63) is 118 Å². The van der Waals surface area contributed by atoms with Crippen LogP contribution in [0.25, 0.3) is 22.0 Å². The number of nitriles is 1. The average molecular weight is 490 g/mol. The van der Waals surface area contributed by atoms with Crippen LogP contribution in [0.4, 0.5) is 0 Å². The van der Waals surface area contributed by atoms with Crippen molar-refractivity contribution in [3.63, 3.8) is 0 Å². The Morgan fingerprint density at radius 2 is 1.76 bits per heavy atom. The standard InChI is InChI=1S/C30H27N5O2/c1-32-30(28-18-33-19-34(28)2,22-10-8-20(17-31)9-11-22)23-12-13-27-26(15-23)25(16-29(36)35(27)3)21-6-5-7-24(14-21)37-4/h5-16,18-19,32H,1-4H3/t30-/m1/s1. The fourth-order valence-electron chi connectivity index (χ4n) is 5.12. The van der Waals surface area contributed by atoms with Gasteiger partial charge in [-0.05, 0) is 65.7 Å². The Hall–Kier alpha value is -4.67. The Balaban J connectivity index is 1.85. The largest absolute Gasteiger partial charge is 0.497 e. The number of aromatic nitrogens is 3. The maximum atomic E-state index is 12.9. The number of ether oxygens (including phenoxy) is 1. The molecule has 0 bridgehead atoms. The highest BCUT2D eigenvalue weighted by Gasteiger charge is 2.37. The Morgan fingerprint density at radius 3 is 2.41 bits per heavy atom. The lowest BCUT2D eigenvalue weighted by Crippen LogP contribution is -2.43. The summed E-state index contributed by atoms with van der Waals surface area (Å²) in [5.41, 5.74) is 5.15. The number of fused-ring (bicyclic) bond motifs is 1. The van der Waals surface area contributed by atoms with Crippen molar-refractivity contribution >= 4 is 10.9 Å². The number of imidazole rings is 1. The Labute approximate surface area is 215 Å². The molecule has 0 fully saturated rings. The highest BCUT2D eigenvalue weighted by atomic mass is 16.5. The molecule has 0 unspecified atom stereocenters. The summed E-state index contributed by atoms with van der Waals surface area (Å²) in [6, 6.07) is 25.3. The van der Waals surface area contributed by atoms with Crippen molar-refractivity contribution in [1.82, 2.24) is 19.4 Å². The molecule has 0 saturated heterocycles. The first-order valence-electron chi connectivity index (χ1n) is 11.9. The molecule has 184 valence electrons. The molecule has 0 aliphatic heterocycles. The van der Waals surface area contributed by atoms with Gasteiger partial charge in [0.05, 0.1) is 42.5 Å². The lowest BCUT2D eigenvalue weighted by Gasteiger charge is -2.35. The van der Waals surface area contributed by atoms with Crippen molar-refractivity contribution in [2.24, 2.45) is 14.1 Å². The van der Waals surface area contributed by atoms with Crippen LogP contribution in [0.3, 0.4) is 0 Å². The molecule has 7 heteroatoms. The molecule has 0 radical (unpaired) electrons. The van der Waals surface area contributed by atoms with E-state index in [1.54, 1.807) is 31.1 Å². The number of benzene rings is 3. The number of rotatable bonds is 6. The molecule has 0 spiro atoms. The Bertz CT molecular complexity index is 1710. The summed E-state index contributed by atoms with van der Waals surface area (Å²) in [6.45, 7) is 0. The molecule has 37 heavy (non-hydrogen) atoms. The van der Waals surface area contributed by atoms with Crippen LogP contribution in [0.15, 0.2) is 90.1 Å². The molecule has 5 rings (SSSR count). The summed E-state index contributed by atoms with van der Waals surface area (Å²) in [6.07, 6.45) is 3.63. The monoisotopic (exact) mass is 489 g/mol. The van der Waals surface area contributed by atoms with Crippen LogP contribution in [-0.4, -0.2) is 28.3 Å². The number of aryl methyl sites for hydroxylation is 2. The zero-order valence-corrected chi connectivity index (χ0v) is 21.2. The molecule has 7 nitrogen and oxygen atoms in total. The zero-order valence-electron chi connectivity index (χ0n) is 21.2. The number of nitrogens with one attached hydrogen (secondary N) is 1. The van der Waals surface area contributed by atoms with E-state index in [1.165, 1.54) is 0 Å². The van der Waals surface area contributed by atoms with Gasteiger partial charge in [0.2, 0.25) is 0 Å². The maximum absolute atomic E-state index is 12.9. The molecule has 0 saturated carbocycles. The molecule has 1 N–H and O–H groups in total. The number of hydrogen-bond acceptors (Lipinski definition) is 5. The molecule has 3 aromatic carbocycles. The number of hydrogen-bond donors (Lipinski definition) is 1. The second kappa shape index (κ2) is 9.41. The fraction of sp³-hybridized carbons (Fsp3) is 0.167. The summed E-state index contributed by atoms with van der Waals surface area (Å²) >= 11 is 0. The third kappa shape index (κ3) is 3.88. The Kier molecular flexibility index (Phi) is 6.12. The van der Waals surface area contributed by atoms with Crippen LogP contribution in [0.1, 0.15) is 22.4 Å². The van der Waals surface area contributed by atoms with Gasteiger partial charge in [0.15, 0.2) is 0 Å². The smallest absolute Gasteiger partial charge is 0.251 e. The minimum absolute atomic E-state index is 0.0864. The van der Waals surface area contributed by atoms with Gasteiger partial charge < -0.3 is 19.2 Å². The van der Waals surface area contributed by atoms with Gasteiger partial charge >= 0.3 is 0 Å². The van der Waals surface area contributed by atoms with E-state index in [0.29, 0.717) is 5.56 Å². The second-order valence-electron chi connectivity index (χ2n) is 9.00. The predicted octanol–water partition coefficient (Wildman–Crippen LogP) is 4.33. The van der Waals surface area contributed by atoms with Gasteiger partial charge in [0, 0.05) is 25.5 Å². The Morgan fingerprint density at radius 1 is 1.00 bits per heavy atom. The summed E-state index contributed by atoms with van der Waals surface area (Å²) in [5.74, 6) is 0.722. The molecule has 2 aromatic heterocycles. The normalized spacial score (nSPS) is 12.7.